The number of hydrogen-bond acceptors (Lipinski definition) is 4. The maximum Gasteiger partial charge on any atom is 0.416 e. The van der Waals surface area contributed by atoms with E-state index in [0.29, 0.717) is 23.8 Å². The Morgan fingerprint density at radius 1 is 1.23 bits per heavy atom. The fourth-order valence-electron chi connectivity index (χ4n) is 3.13. The summed E-state index contributed by atoms with van der Waals surface area (Å²) in [7, 11) is 0. The molecule has 4 rings (SSSR count). The monoisotopic (exact) mass is 362 g/mol. The molecule has 1 aliphatic heterocycles. The van der Waals surface area contributed by atoms with E-state index in [1.165, 1.54) is 23.4 Å². The topological polar surface area (TPSA) is 58.0 Å². The van der Waals surface area contributed by atoms with E-state index < -0.39 is 11.7 Å². The molecule has 3 aromatic rings. The van der Waals surface area contributed by atoms with Gasteiger partial charge < -0.3 is 4.42 Å². The van der Waals surface area contributed by atoms with Crippen molar-refractivity contribution >= 4 is 0 Å². The van der Waals surface area contributed by atoms with E-state index in [-0.39, 0.29) is 0 Å². The number of alkyl halides is 3. The lowest BCUT2D eigenvalue weighted by Crippen LogP contribution is -2.30. The molecule has 1 aliphatic rings. The number of aromatic amines is 1. The summed E-state index contributed by atoms with van der Waals surface area (Å²) >= 11 is 0. The van der Waals surface area contributed by atoms with Crippen molar-refractivity contribution < 1.29 is 17.6 Å². The molecule has 0 saturated carbocycles. The van der Waals surface area contributed by atoms with E-state index in [1.807, 2.05) is 13.1 Å². The standard InChI is InChI=1S/C18H17F3N4O/c1-11-16(10-25-7-6-15-13(9-25)8-22-24-15)23-17(26-11)12-2-4-14(5-3-12)18(19,20)21/h2-5,8H,6-7,9-10H2,1H3,(H,22,24). The van der Waals surface area contributed by atoms with Crippen molar-refractivity contribution in [2.24, 2.45) is 0 Å². The zero-order valence-corrected chi connectivity index (χ0v) is 14.1. The Labute approximate surface area is 147 Å². The van der Waals surface area contributed by atoms with Gasteiger partial charge in [-0.15, -0.1) is 0 Å². The average molecular weight is 362 g/mol. The molecule has 5 nitrogen and oxygen atoms in total. The zero-order chi connectivity index (χ0) is 18.3. The molecule has 0 radical (unpaired) electrons. The normalized spacial score (nSPS) is 15.2. The van der Waals surface area contributed by atoms with Crippen LogP contribution in [0.25, 0.3) is 11.5 Å². The SMILES string of the molecule is Cc1oc(-c2ccc(C(F)(F)F)cc2)nc1CN1CCc2[nH]ncc2C1. The van der Waals surface area contributed by atoms with Crippen molar-refractivity contribution in [1.29, 1.82) is 0 Å². The maximum absolute atomic E-state index is 12.7. The highest BCUT2D eigenvalue weighted by Gasteiger charge is 2.30. The molecule has 0 spiro atoms. The minimum absolute atomic E-state index is 0.340. The Hall–Kier alpha value is -2.61. The van der Waals surface area contributed by atoms with Gasteiger partial charge in [0.1, 0.15) is 5.76 Å². The number of rotatable bonds is 3. The lowest BCUT2D eigenvalue weighted by atomic mass is 10.1. The molecule has 0 aliphatic carbocycles. The molecule has 0 fully saturated rings. The molecule has 1 aromatic carbocycles. The quantitative estimate of drug-likeness (QED) is 0.766. The Balaban J connectivity index is 1.51. The molecule has 2 aromatic heterocycles. The predicted octanol–water partition coefficient (Wildman–Crippen LogP) is 3.95. The number of nitrogens with one attached hydrogen (secondary N) is 1. The highest BCUT2D eigenvalue weighted by Crippen LogP contribution is 2.31. The number of H-pyrrole nitrogens is 1. The second kappa shape index (κ2) is 6.28. The van der Waals surface area contributed by atoms with Crippen molar-refractivity contribution in [1.82, 2.24) is 20.1 Å². The van der Waals surface area contributed by atoms with Crippen molar-refractivity contribution in [2.45, 2.75) is 32.6 Å². The highest BCUT2D eigenvalue weighted by molar-refractivity contribution is 5.54. The molecule has 8 heteroatoms. The molecule has 0 unspecified atom stereocenters. The van der Waals surface area contributed by atoms with Crippen LogP contribution in [-0.2, 0) is 25.7 Å². The third kappa shape index (κ3) is 3.24. The van der Waals surface area contributed by atoms with Crippen molar-refractivity contribution in [2.75, 3.05) is 6.54 Å². The molecule has 26 heavy (non-hydrogen) atoms. The molecule has 0 amide bonds. The number of aryl methyl sites for hydroxylation is 1. The summed E-state index contributed by atoms with van der Waals surface area (Å²) in [6.45, 7) is 4.12. The van der Waals surface area contributed by atoms with Gasteiger partial charge in [0, 0.05) is 42.9 Å². The summed E-state index contributed by atoms with van der Waals surface area (Å²) < 4.78 is 43.7. The number of nitrogens with zero attached hydrogens (tertiary/aromatic N) is 3. The van der Waals surface area contributed by atoms with Crippen LogP contribution in [0.4, 0.5) is 13.2 Å². The van der Waals surface area contributed by atoms with Gasteiger partial charge in [0.25, 0.3) is 0 Å². The molecule has 136 valence electrons. The van der Waals surface area contributed by atoms with Crippen LogP contribution in [0.3, 0.4) is 0 Å². The van der Waals surface area contributed by atoms with Gasteiger partial charge in [-0.1, -0.05) is 0 Å². The van der Waals surface area contributed by atoms with Crippen LogP contribution in [0.15, 0.2) is 34.9 Å². The molecular formula is C18H17F3N4O. The van der Waals surface area contributed by atoms with Crippen molar-refractivity contribution in [3.05, 3.63) is 58.7 Å². The van der Waals surface area contributed by atoms with E-state index in [2.05, 4.69) is 20.1 Å². The number of aromatic nitrogens is 3. The molecular weight excluding hydrogens is 345 g/mol. The van der Waals surface area contributed by atoms with Gasteiger partial charge in [-0.2, -0.15) is 18.3 Å². The van der Waals surface area contributed by atoms with Gasteiger partial charge >= 0.3 is 6.18 Å². The first-order chi connectivity index (χ1) is 12.4. The van der Waals surface area contributed by atoms with Crippen LogP contribution >= 0.6 is 0 Å². The third-order valence-corrected chi connectivity index (χ3v) is 4.60. The van der Waals surface area contributed by atoms with Gasteiger partial charge in [0.2, 0.25) is 5.89 Å². The van der Waals surface area contributed by atoms with Crippen LogP contribution in [0.1, 0.15) is 28.3 Å². The number of fused-ring (bicyclic) bond motifs is 1. The average Bonchev–Trinajstić information content (AvgIpc) is 3.21. The van der Waals surface area contributed by atoms with Crippen LogP contribution in [-0.4, -0.2) is 26.6 Å². The largest absolute Gasteiger partial charge is 0.441 e. The second-order valence-electron chi connectivity index (χ2n) is 6.43. The molecule has 1 N–H and O–H groups in total. The fraction of sp³-hybridized carbons (Fsp3) is 0.333. The molecule has 0 saturated heterocycles. The summed E-state index contributed by atoms with van der Waals surface area (Å²) in [5, 5.41) is 7.07. The van der Waals surface area contributed by atoms with Gasteiger partial charge in [0.05, 0.1) is 17.5 Å². The second-order valence-corrected chi connectivity index (χ2v) is 6.43. The Kier molecular flexibility index (Phi) is 4.07. The molecule has 0 atom stereocenters. The maximum atomic E-state index is 12.7. The van der Waals surface area contributed by atoms with Crippen LogP contribution in [0.5, 0.6) is 0 Å². The van der Waals surface area contributed by atoms with Gasteiger partial charge in [0.15, 0.2) is 0 Å². The number of benzene rings is 1. The van der Waals surface area contributed by atoms with Crippen molar-refractivity contribution in [3.63, 3.8) is 0 Å². The summed E-state index contributed by atoms with van der Waals surface area (Å²) in [4.78, 5) is 6.75. The Morgan fingerprint density at radius 2 is 2.00 bits per heavy atom. The first kappa shape index (κ1) is 16.8. The summed E-state index contributed by atoms with van der Waals surface area (Å²) in [6.07, 6.45) is -1.61. The minimum Gasteiger partial charge on any atom is -0.441 e. The summed E-state index contributed by atoms with van der Waals surface area (Å²) in [6, 6.07) is 4.85. The molecule has 3 heterocycles. The lowest BCUT2D eigenvalue weighted by Gasteiger charge is -2.25. The van der Waals surface area contributed by atoms with Crippen LogP contribution in [0, 0.1) is 6.92 Å². The van der Waals surface area contributed by atoms with E-state index in [4.69, 9.17) is 4.42 Å². The van der Waals surface area contributed by atoms with Gasteiger partial charge in [-0.3, -0.25) is 10.00 Å². The fourth-order valence-corrected chi connectivity index (χ4v) is 3.13. The minimum atomic E-state index is -4.35. The predicted molar refractivity (Wildman–Crippen MR) is 88.1 cm³/mol. The Bertz CT molecular complexity index is 911. The number of halogens is 3. The summed E-state index contributed by atoms with van der Waals surface area (Å²) in [5.74, 6) is 1.02. The Morgan fingerprint density at radius 3 is 2.73 bits per heavy atom. The van der Waals surface area contributed by atoms with Crippen molar-refractivity contribution in [3.8, 4) is 11.5 Å². The van der Waals surface area contributed by atoms with Gasteiger partial charge in [-0.05, 0) is 31.2 Å². The van der Waals surface area contributed by atoms with E-state index in [9.17, 15) is 13.2 Å². The first-order valence-corrected chi connectivity index (χ1v) is 8.27. The highest BCUT2D eigenvalue weighted by atomic mass is 19.4. The van der Waals surface area contributed by atoms with Crippen LogP contribution < -0.4 is 0 Å². The first-order valence-electron chi connectivity index (χ1n) is 8.27. The number of oxazole rings is 1. The summed E-state index contributed by atoms with van der Waals surface area (Å²) in [5.41, 5.74) is 2.99. The lowest BCUT2D eigenvalue weighted by molar-refractivity contribution is -0.137. The zero-order valence-electron chi connectivity index (χ0n) is 14.1. The molecule has 0 bridgehead atoms. The van der Waals surface area contributed by atoms with E-state index >= 15 is 0 Å². The van der Waals surface area contributed by atoms with Gasteiger partial charge in [-0.25, -0.2) is 4.98 Å². The van der Waals surface area contributed by atoms with E-state index in [1.54, 1.807) is 0 Å². The number of hydrogen-bond donors (Lipinski definition) is 1. The third-order valence-electron chi connectivity index (χ3n) is 4.60. The van der Waals surface area contributed by atoms with E-state index in [0.717, 1.165) is 37.3 Å². The smallest absolute Gasteiger partial charge is 0.416 e. The van der Waals surface area contributed by atoms with Crippen LogP contribution in [0.2, 0.25) is 0 Å².